The molecule has 2 aliphatic rings. The van der Waals surface area contributed by atoms with Crippen LogP contribution in [0.1, 0.15) is 31.2 Å². The minimum atomic E-state index is -0.674. The molecule has 0 radical (unpaired) electrons. The minimum Gasteiger partial charge on any atom is -0.395 e. The minimum absolute atomic E-state index is 0.0281. The Kier molecular flexibility index (Phi) is 6.12. The molecular weight excluding hydrogens is 443 g/mol. The molecule has 3 aromatic rings. The van der Waals surface area contributed by atoms with Crippen LogP contribution < -0.4 is 0 Å². The number of rotatable bonds is 5. The number of benzene rings is 2. The second kappa shape index (κ2) is 9.07. The maximum atomic E-state index is 14.6. The highest BCUT2D eigenvalue weighted by Crippen LogP contribution is 2.49. The first kappa shape index (κ1) is 22.9. The smallest absolute Gasteiger partial charge is 0.225 e. The van der Waals surface area contributed by atoms with E-state index >= 15 is 0 Å². The first-order valence-corrected chi connectivity index (χ1v) is 11.8. The number of aliphatic hydroxyl groups excluding tert-OH is 1. The van der Waals surface area contributed by atoms with E-state index in [9.17, 15) is 23.1 Å². The van der Waals surface area contributed by atoms with Crippen molar-refractivity contribution in [1.29, 1.82) is 0 Å². The van der Waals surface area contributed by atoms with E-state index in [0.717, 1.165) is 24.7 Å². The van der Waals surface area contributed by atoms with Crippen LogP contribution in [0.3, 0.4) is 0 Å². The van der Waals surface area contributed by atoms with Crippen molar-refractivity contribution in [1.82, 2.24) is 14.8 Å². The fourth-order valence-corrected chi connectivity index (χ4v) is 5.32. The molecule has 8 heteroatoms. The van der Waals surface area contributed by atoms with Crippen molar-refractivity contribution in [2.24, 2.45) is 5.92 Å². The number of amides is 1. The van der Waals surface area contributed by atoms with E-state index in [1.54, 1.807) is 12.1 Å². The Bertz CT molecular complexity index is 1200. The van der Waals surface area contributed by atoms with Gasteiger partial charge in [-0.15, -0.1) is 0 Å². The summed E-state index contributed by atoms with van der Waals surface area (Å²) in [5, 5.41) is 9.83. The van der Waals surface area contributed by atoms with Crippen molar-refractivity contribution in [3.05, 3.63) is 59.4 Å². The zero-order valence-corrected chi connectivity index (χ0v) is 19.0. The molecule has 5 nitrogen and oxygen atoms in total. The van der Waals surface area contributed by atoms with Gasteiger partial charge in [0, 0.05) is 49.6 Å². The standard InChI is InChI=1S/C26H28F3N3O2/c1-15(14-33)31-6-8-32(9-7-31)26(34)18-10-17(11-18)23-21-12-20(28)13-22(29)25(21)30-24(23)16-2-4-19(27)5-3-16/h2-5,12-13,15,17-18,30,33H,6-11,14H2,1H3/t15?,17-,18-. The summed E-state index contributed by atoms with van der Waals surface area (Å²) in [6.07, 6.45) is 1.21. The van der Waals surface area contributed by atoms with E-state index in [1.165, 1.54) is 18.2 Å². The van der Waals surface area contributed by atoms with Crippen LogP contribution in [0.4, 0.5) is 13.2 Å². The van der Waals surface area contributed by atoms with Gasteiger partial charge in [-0.3, -0.25) is 9.69 Å². The van der Waals surface area contributed by atoms with Crippen molar-refractivity contribution in [3.8, 4) is 11.3 Å². The molecule has 180 valence electrons. The number of hydrogen-bond acceptors (Lipinski definition) is 3. The fraction of sp³-hybridized carbons (Fsp3) is 0.423. The van der Waals surface area contributed by atoms with E-state index < -0.39 is 11.6 Å². The van der Waals surface area contributed by atoms with Crippen molar-refractivity contribution in [2.75, 3.05) is 32.8 Å². The van der Waals surface area contributed by atoms with E-state index in [-0.39, 0.29) is 41.7 Å². The quantitative estimate of drug-likeness (QED) is 0.584. The number of aromatic amines is 1. The molecule has 1 amide bonds. The fourth-order valence-electron chi connectivity index (χ4n) is 5.32. The summed E-state index contributed by atoms with van der Waals surface area (Å²) in [5.41, 5.74) is 2.34. The maximum absolute atomic E-state index is 14.6. The number of piperazine rings is 1. The van der Waals surface area contributed by atoms with Crippen LogP contribution in [-0.4, -0.2) is 64.6 Å². The number of hydrogen-bond donors (Lipinski definition) is 2. The summed E-state index contributed by atoms with van der Waals surface area (Å²) in [5.74, 6) is -1.74. The molecule has 2 heterocycles. The summed E-state index contributed by atoms with van der Waals surface area (Å²) < 4.78 is 42.1. The van der Waals surface area contributed by atoms with Crippen molar-refractivity contribution in [3.63, 3.8) is 0 Å². The number of H-pyrrole nitrogens is 1. The molecule has 1 saturated carbocycles. The SMILES string of the molecule is CC(CO)N1CCN(C(=O)[C@H]2C[C@H](c3c(-c4ccc(F)cc4)[nH]c4c(F)cc(F)cc43)C2)CC1. The number of carbonyl (C=O) groups is 1. The number of carbonyl (C=O) groups excluding carboxylic acids is 1. The molecule has 1 saturated heterocycles. The number of aliphatic hydroxyl groups is 1. The van der Waals surface area contributed by atoms with Gasteiger partial charge in [0.2, 0.25) is 5.91 Å². The van der Waals surface area contributed by atoms with Gasteiger partial charge in [-0.05, 0) is 67.1 Å². The first-order valence-electron chi connectivity index (χ1n) is 11.8. The predicted molar refractivity (Wildman–Crippen MR) is 124 cm³/mol. The lowest BCUT2D eigenvalue weighted by molar-refractivity contribution is -0.141. The van der Waals surface area contributed by atoms with Gasteiger partial charge < -0.3 is 15.0 Å². The average molecular weight is 472 g/mol. The first-order chi connectivity index (χ1) is 16.4. The number of aromatic nitrogens is 1. The zero-order valence-electron chi connectivity index (χ0n) is 19.0. The summed E-state index contributed by atoms with van der Waals surface area (Å²) in [6.45, 7) is 4.81. The monoisotopic (exact) mass is 471 g/mol. The van der Waals surface area contributed by atoms with Gasteiger partial charge in [0.1, 0.15) is 17.5 Å². The molecule has 34 heavy (non-hydrogen) atoms. The van der Waals surface area contributed by atoms with Crippen LogP contribution in [0.5, 0.6) is 0 Å². The molecule has 1 aliphatic heterocycles. The normalized spacial score (nSPS) is 22.1. The summed E-state index contributed by atoms with van der Waals surface area (Å²) in [7, 11) is 0. The molecule has 5 rings (SSSR count). The topological polar surface area (TPSA) is 59.6 Å². The van der Waals surface area contributed by atoms with Gasteiger partial charge >= 0.3 is 0 Å². The van der Waals surface area contributed by atoms with Gasteiger partial charge in [0.05, 0.1) is 17.8 Å². The molecular formula is C26H28F3N3O2. The highest BCUT2D eigenvalue weighted by Gasteiger charge is 2.40. The lowest BCUT2D eigenvalue weighted by atomic mass is 9.69. The Morgan fingerprint density at radius 2 is 1.74 bits per heavy atom. The second-order valence-electron chi connectivity index (χ2n) is 9.49. The summed E-state index contributed by atoms with van der Waals surface area (Å²) >= 11 is 0. The second-order valence-corrected chi connectivity index (χ2v) is 9.49. The van der Waals surface area contributed by atoms with E-state index in [1.807, 2.05) is 11.8 Å². The molecule has 0 spiro atoms. The lowest BCUT2D eigenvalue weighted by Gasteiger charge is -2.42. The third kappa shape index (κ3) is 4.09. The highest BCUT2D eigenvalue weighted by molar-refractivity contribution is 5.92. The number of nitrogens with zero attached hydrogens (tertiary/aromatic N) is 2. The van der Waals surface area contributed by atoms with Crippen molar-refractivity contribution < 1.29 is 23.1 Å². The molecule has 2 fully saturated rings. The molecule has 2 aromatic carbocycles. The molecule has 1 aromatic heterocycles. The lowest BCUT2D eigenvalue weighted by Crippen LogP contribution is -2.54. The third-order valence-electron chi connectivity index (χ3n) is 7.41. The van der Waals surface area contributed by atoms with Crippen LogP contribution in [-0.2, 0) is 4.79 Å². The molecule has 1 atom stereocenters. The maximum Gasteiger partial charge on any atom is 0.225 e. The van der Waals surface area contributed by atoms with Crippen molar-refractivity contribution in [2.45, 2.75) is 31.7 Å². The van der Waals surface area contributed by atoms with Gasteiger partial charge in [0.15, 0.2) is 0 Å². The largest absolute Gasteiger partial charge is 0.395 e. The summed E-state index contributed by atoms with van der Waals surface area (Å²) in [6, 6.07) is 8.17. The Labute approximate surface area is 196 Å². The summed E-state index contributed by atoms with van der Waals surface area (Å²) in [4.78, 5) is 20.2. The number of halogens is 3. The molecule has 1 aliphatic carbocycles. The highest BCUT2D eigenvalue weighted by atomic mass is 19.1. The molecule has 0 bridgehead atoms. The van der Waals surface area contributed by atoms with E-state index in [2.05, 4.69) is 9.88 Å². The molecule has 2 N–H and O–H groups in total. The number of nitrogens with one attached hydrogen (secondary N) is 1. The van der Waals surface area contributed by atoms with Gasteiger partial charge in [-0.25, -0.2) is 13.2 Å². The van der Waals surface area contributed by atoms with Gasteiger partial charge in [-0.1, -0.05) is 0 Å². The van der Waals surface area contributed by atoms with Crippen LogP contribution in [0.15, 0.2) is 36.4 Å². The van der Waals surface area contributed by atoms with Gasteiger partial charge in [-0.2, -0.15) is 0 Å². The average Bonchev–Trinajstić information content (AvgIpc) is 3.17. The Hall–Kier alpha value is -2.84. The number of fused-ring (bicyclic) bond motifs is 1. The van der Waals surface area contributed by atoms with Crippen LogP contribution in [0.25, 0.3) is 22.2 Å². The van der Waals surface area contributed by atoms with Gasteiger partial charge in [0.25, 0.3) is 0 Å². The van der Waals surface area contributed by atoms with Crippen LogP contribution in [0.2, 0.25) is 0 Å². The zero-order chi connectivity index (χ0) is 24.0. The third-order valence-corrected chi connectivity index (χ3v) is 7.41. The Morgan fingerprint density at radius 1 is 1.06 bits per heavy atom. The van der Waals surface area contributed by atoms with E-state index in [4.69, 9.17) is 0 Å². The Balaban J connectivity index is 1.37. The predicted octanol–water partition coefficient (Wildman–Crippen LogP) is 4.27. The van der Waals surface area contributed by atoms with Crippen LogP contribution in [0, 0.1) is 23.4 Å². The van der Waals surface area contributed by atoms with Crippen LogP contribution >= 0.6 is 0 Å². The molecule has 1 unspecified atom stereocenters. The van der Waals surface area contributed by atoms with E-state index in [0.29, 0.717) is 42.6 Å². The van der Waals surface area contributed by atoms with Crippen molar-refractivity contribution >= 4 is 16.8 Å². The Morgan fingerprint density at radius 3 is 2.38 bits per heavy atom.